The van der Waals surface area contributed by atoms with Gasteiger partial charge in [-0.15, -0.1) is 0 Å². The van der Waals surface area contributed by atoms with Crippen molar-refractivity contribution >= 4 is 33.4 Å². The largest absolute Gasteiger partial charge is 0.481 e. The Balaban J connectivity index is 1.88. The highest BCUT2D eigenvalue weighted by Crippen LogP contribution is 2.60. The third kappa shape index (κ3) is 31.0. The van der Waals surface area contributed by atoms with Crippen LogP contribution < -0.4 is 11.4 Å². The van der Waals surface area contributed by atoms with E-state index >= 15 is 0 Å². The Hall–Kier alpha value is -3.40. The number of nitrogens with two attached hydrogens (primary N) is 1. The summed E-state index contributed by atoms with van der Waals surface area (Å²) in [5, 5.41) is 51.7. The summed E-state index contributed by atoms with van der Waals surface area (Å²) in [7, 11) is -11.0. The zero-order valence-electron chi connectivity index (χ0n) is 43.6. The maximum atomic E-state index is 12.9. The van der Waals surface area contributed by atoms with Crippen molar-refractivity contribution in [2.45, 2.75) is 211 Å². The Morgan fingerprint density at radius 1 is 0.730 bits per heavy atom. The lowest BCUT2D eigenvalue weighted by atomic mass is 10.0. The molecule has 1 aliphatic heterocycles. The summed E-state index contributed by atoms with van der Waals surface area (Å²) < 4.78 is 56.5. The Bertz CT molecular complexity index is 2000. The Labute approximate surface area is 437 Å². The van der Waals surface area contributed by atoms with E-state index in [1.54, 1.807) is 36.5 Å². The molecule has 0 radical (unpaired) electrons. The monoisotopic (exact) mass is 1090 g/mol. The molecule has 1 saturated heterocycles. The molecule has 23 heteroatoms. The molecule has 74 heavy (non-hydrogen) atoms. The number of carbonyl (C=O) groups excluding carboxylic acids is 2. The van der Waals surface area contributed by atoms with E-state index in [9.17, 15) is 58.8 Å². The van der Waals surface area contributed by atoms with Crippen LogP contribution in [0, 0.1) is 5.92 Å². The van der Waals surface area contributed by atoms with E-state index in [0.29, 0.717) is 12.8 Å². The quantitative estimate of drug-likeness (QED) is 0.0134. The first-order valence-corrected chi connectivity index (χ1v) is 29.3. The second-order valence-electron chi connectivity index (χ2n) is 19.1. The molecule has 424 valence electrons. The number of allylic oxidation sites excluding steroid dienone is 6. The zero-order chi connectivity index (χ0) is 54.8. The number of nitrogen functional groups attached to an aromatic ring is 1. The van der Waals surface area contributed by atoms with Gasteiger partial charge in [0.25, 0.3) is 0 Å². The second kappa shape index (κ2) is 38.2. The van der Waals surface area contributed by atoms with Crippen molar-refractivity contribution in [2.24, 2.45) is 5.92 Å². The van der Waals surface area contributed by atoms with Crippen LogP contribution in [0.25, 0.3) is 0 Å². The fourth-order valence-electron chi connectivity index (χ4n) is 7.71. The first-order chi connectivity index (χ1) is 35.2. The first kappa shape index (κ1) is 66.7. The van der Waals surface area contributed by atoms with Crippen LogP contribution in [-0.4, -0.2) is 119 Å². The van der Waals surface area contributed by atoms with Crippen molar-refractivity contribution in [1.82, 2.24) is 9.55 Å². The zero-order valence-corrected chi connectivity index (χ0v) is 45.4. The number of unbranched alkanes of at least 4 members (excludes halogenated alkanes) is 14. The molecule has 0 aromatic carbocycles. The van der Waals surface area contributed by atoms with Gasteiger partial charge < -0.3 is 55.3 Å². The standard InChI is InChI=1S/C51H87N3O18P2/c1-4-5-21-28-40(55)29-23-18-15-16-19-24-30-42(56)43(57)31-26-33-47(59)70-41(36-67-46(58)32-25-20-14-12-10-8-6-7-9-11-13-17-22-27-39(2)3)37-68-73(63,64)72-74(65,66)69-38-44-48(60)49(61)50(71-44)54-35-34-45(52)53-51(54)62/h15-16,18-19,23-24,29-30,34-35,39-44,48-50,55-57,60-61H,4-14,17,20-22,25-28,31-33,36-38H2,1-3H3,(H,63,64)(H,65,66)(H2,52,53,62)/b18-15-,19-16+,29-23+,30-24+/t40-,41+,42-,43-,44+,48+,49+,50+/m0/s1. The predicted octanol–water partition coefficient (Wildman–Crippen LogP) is 7.72. The van der Waals surface area contributed by atoms with Crippen LogP contribution >= 0.6 is 15.6 Å². The number of esters is 2. The molecule has 1 aromatic heterocycles. The number of nitrogens with zero attached hydrogens (tertiary/aromatic N) is 2. The lowest BCUT2D eigenvalue weighted by Gasteiger charge is -2.21. The van der Waals surface area contributed by atoms with Gasteiger partial charge in [0.05, 0.1) is 31.5 Å². The molecule has 2 heterocycles. The maximum absolute atomic E-state index is 12.9. The number of hydrogen-bond acceptors (Lipinski definition) is 18. The van der Waals surface area contributed by atoms with Gasteiger partial charge in [-0.1, -0.05) is 172 Å². The number of carbonyl (C=O) groups is 2. The molecule has 0 bridgehead atoms. The second-order valence-corrected chi connectivity index (χ2v) is 22.1. The fourth-order valence-corrected chi connectivity index (χ4v) is 9.82. The van der Waals surface area contributed by atoms with Crippen LogP contribution in [0.3, 0.4) is 0 Å². The Morgan fingerprint density at radius 2 is 1.28 bits per heavy atom. The molecule has 9 N–H and O–H groups in total. The fraction of sp³-hybridized carbons (Fsp3) is 0.725. The van der Waals surface area contributed by atoms with E-state index in [4.69, 9.17) is 29.0 Å². The summed E-state index contributed by atoms with van der Waals surface area (Å²) in [6.45, 7) is 4.03. The van der Waals surface area contributed by atoms with Crippen LogP contribution in [0.15, 0.2) is 65.7 Å². The average Bonchev–Trinajstić information content (AvgIpc) is 3.62. The van der Waals surface area contributed by atoms with Crippen molar-refractivity contribution in [2.75, 3.05) is 25.6 Å². The molecule has 0 amide bonds. The van der Waals surface area contributed by atoms with Gasteiger partial charge in [-0.3, -0.25) is 23.2 Å². The Morgan fingerprint density at radius 3 is 1.89 bits per heavy atom. The van der Waals surface area contributed by atoms with E-state index in [1.807, 2.05) is 0 Å². The number of phosphoric acid groups is 2. The molecule has 0 aliphatic carbocycles. The van der Waals surface area contributed by atoms with Gasteiger partial charge in [-0.25, -0.2) is 13.9 Å². The number of aliphatic hydroxyl groups excluding tert-OH is 5. The number of rotatable bonds is 42. The van der Waals surface area contributed by atoms with Crippen molar-refractivity contribution < 1.29 is 81.6 Å². The van der Waals surface area contributed by atoms with E-state index in [1.165, 1.54) is 76.0 Å². The van der Waals surface area contributed by atoms with Crippen molar-refractivity contribution in [3.05, 3.63) is 71.4 Å². The molecule has 2 unspecified atom stereocenters. The molecule has 1 aromatic rings. The lowest BCUT2D eigenvalue weighted by Crippen LogP contribution is -2.36. The average molecular weight is 1090 g/mol. The van der Waals surface area contributed by atoms with Crippen molar-refractivity contribution in [3.63, 3.8) is 0 Å². The summed E-state index contributed by atoms with van der Waals surface area (Å²) in [5.41, 5.74) is 4.55. The first-order valence-electron chi connectivity index (χ1n) is 26.3. The third-order valence-corrected chi connectivity index (χ3v) is 14.6. The van der Waals surface area contributed by atoms with E-state index < -0.39 is 102 Å². The Kier molecular flexibility index (Phi) is 34.4. The molecule has 1 aliphatic rings. The minimum atomic E-state index is -5.52. The van der Waals surface area contributed by atoms with Gasteiger partial charge in [0.15, 0.2) is 12.3 Å². The number of anilines is 1. The van der Waals surface area contributed by atoms with E-state index in [0.717, 1.165) is 61.6 Å². The molecule has 2 rings (SSSR count). The molecule has 21 nitrogen and oxygen atoms in total. The highest BCUT2D eigenvalue weighted by atomic mass is 31.3. The summed E-state index contributed by atoms with van der Waals surface area (Å²) in [5.74, 6) is -0.874. The summed E-state index contributed by atoms with van der Waals surface area (Å²) in [4.78, 5) is 62.0. The van der Waals surface area contributed by atoms with E-state index in [2.05, 4.69) is 30.1 Å². The number of hydrogen-bond donors (Lipinski definition) is 8. The molecule has 1 fully saturated rings. The lowest BCUT2D eigenvalue weighted by molar-refractivity contribution is -0.161. The highest BCUT2D eigenvalue weighted by Gasteiger charge is 2.46. The maximum Gasteiger partial charge on any atom is 0.481 e. The third-order valence-electron chi connectivity index (χ3n) is 12.0. The topological polar surface area (TPSA) is 326 Å². The summed E-state index contributed by atoms with van der Waals surface area (Å²) >= 11 is 0. The molecular formula is C51H87N3O18P2. The number of aromatic nitrogens is 2. The SMILES string of the molecule is CCCCC[C@H](O)/C=C/C=C\C=C\C=C\[C@H](O)[C@@H](O)CCCC(=O)O[C@H](COC(=O)CCCCCCCCCCCCCCCC(C)C)COP(=O)(O)OP(=O)(O)OC[C@H]1O[C@@H](n2ccc(N)nc2=O)[C@H](O)[C@@H]1O. The summed E-state index contributed by atoms with van der Waals surface area (Å²) in [6, 6.07) is 1.23. The minimum Gasteiger partial charge on any atom is -0.462 e. The van der Waals surface area contributed by atoms with Gasteiger partial charge in [-0.05, 0) is 37.7 Å². The number of phosphoric ester groups is 2. The van der Waals surface area contributed by atoms with Crippen molar-refractivity contribution in [1.29, 1.82) is 0 Å². The van der Waals surface area contributed by atoms with Crippen molar-refractivity contribution in [3.8, 4) is 0 Å². The van der Waals surface area contributed by atoms with E-state index in [-0.39, 0.29) is 31.5 Å². The summed E-state index contributed by atoms with van der Waals surface area (Å²) in [6.07, 6.45) is 22.6. The van der Waals surface area contributed by atoms with Crippen LogP contribution in [0.1, 0.15) is 168 Å². The smallest absolute Gasteiger partial charge is 0.462 e. The predicted molar refractivity (Wildman–Crippen MR) is 279 cm³/mol. The van der Waals surface area contributed by atoms with Crippen LogP contribution in [0.2, 0.25) is 0 Å². The van der Waals surface area contributed by atoms with Crippen LogP contribution in [-0.2, 0) is 46.3 Å². The van der Waals surface area contributed by atoms with Gasteiger partial charge in [0.2, 0.25) is 0 Å². The normalized spacial score (nSPS) is 20.6. The molecule has 0 saturated carbocycles. The van der Waals surface area contributed by atoms with Gasteiger partial charge >= 0.3 is 33.3 Å². The number of aliphatic hydroxyl groups is 5. The van der Waals surface area contributed by atoms with Gasteiger partial charge in [0.1, 0.15) is 30.7 Å². The molecule has 0 spiro atoms. The van der Waals surface area contributed by atoms with Crippen LogP contribution in [0.5, 0.6) is 0 Å². The van der Waals surface area contributed by atoms with Gasteiger partial charge in [0, 0.05) is 19.0 Å². The highest BCUT2D eigenvalue weighted by molar-refractivity contribution is 7.61. The van der Waals surface area contributed by atoms with Crippen LogP contribution in [0.4, 0.5) is 5.82 Å². The number of ether oxygens (including phenoxy) is 3. The minimum absolute atomic E-state index is 0.0313. The molecule has 10 atom stereocenters. The molecular weight excluding hydrogens is 1000 g/mol. The van der Waals surface area contributed by atoms with Gasteiger partial charge in [-0.2, -0.15) is 9.29 Å².